The third kappa shape index (κ3) is 3.11. The van der Waals surface area contributed by atoms with Gasteiger partial charge in [0, 0.05) is 6.20 Å². The second-order valence-corrected chi connectivity index (χ2v) is 3.76. The minimum Gasteiger partial charge on any atom is -0.491 e. The van der Waals surface area contributed by atoms with Crippen LogP contribution >= 0.6 is 22.6 Å². The van der Waals surface area contributed by atoms with Crippen molar-refractivity contribution in [3.8, 4) is 11.5 Å². The molecule has 0 aliphatic rings. The van der Waals surface area contributed by atoms with E-state index in [1.54, 1.807) is 22.6 Å². The van der Waals surface area contributed by atoms with E-state index in [1.807, 2.05) is 0 Å². The number of aromatic nitrogens is 1. The summed E-state index contributed by atoms with van der Waals surface area (Å²) in [6, 6.07) is 0. The van der Waals surface area contributed by atoms with Gasteiger partial charge in [-0.15, -0.1) is 13.2 Å². The Kier molecular flexibility index (Phi) is 3.63. The number of methoxy groups -OCH3 is 1. The Morgan fingerprint density at radius 3 is 2.40 bits per heavy atom. The van der Waals surface area contributed by atoms with Gasteiger partial charge in [-0.1, -0.05) is 0 Å². The van der Waals surface area contributed by atoms with Gasteiger partial charge in [0.1, 0.15) is 0 Å². The Hall–Kier alpha value is -0.730. The van der Waals surface area contributed by atoms with Crippen LogP contribution in [0.2, 0.25) is 0 Å². The number of alkyl halides is 3. The quantitative estimate of drug-likeness (QED) is 0.780. The number of aryl methyl sites for hydroxylation is 1. The van der Waals surface area contributed by atoms with Crippen molar-refractivity contribution in [1.29, 1.82) is 0 Å². The van der Waals surface area contributed by atoms with Gasteiger partial charge in [-0.2, -0.15) is 0 Å². The van der Waals surface area contributed by atoms with Gasteiger partial charge in [-0.25, -0.2) is 0 Å². The van der Waals surface area contributed by atoms with Gasteiger partial charge >= 0.3 is 6.36 Å². The van der Waals surface area contributed by atoms with Gasteiger partial charge in [0.25, 0.3) is 0 Å². The standard InChI is InChI=1S/C8H7F3INO2/c1-4-6(14-2)7(5(12)3-13-4)15-8(9,10)11/h3H,1-2H3. The first-order chi connectivity index (χ1) is 6.85. The molecule has 0 saturated carbocycles. The molecule has 7 heteroatoms. The molecule has 0 atom stereocenters. The number of rotatable bonds is 2. The normalized spacial score (nSPS) is 11.3. The van der Waals surface area contributed by atoms with Gasteiger partial charge in [-0.05, 0) is 29.5 Å². The molecule has 1 aromatic rings. The van der Waals surface area contributed by atoms with E-state index in [4.69, 9.17) is 4.74 Å². The zero-order valence-corrected chi connectivity index (χ0v) is 10.0. The van der Waals surface area contributed by atoms with Gasteiger partial charge in [0.15, 0.2) is 11.5 Å². The molecule has 0 radical (unpaired) electrons. The van der Waals surface area contributed by atoms with Crippen LogP contribution in [-0.2, 0) is 0 Å². The Balaban J connectivity index is 3.20. The second kappa shape index (κ2) is 4.42. The molecule has 15 heavy (non-hydrogen) atoms. The molecular weight excluding hydrogens is 326 g/mol. The first-order valence-corrected chi connectivity index (χ1v) is 4.88. The topological polar surface area (TPSA) is 31.4 Å². The van der Waals surface area contributed by atoms with Crippen molar-refractivity contribution in [2.24, 2.45) is 0 Å². The summed E-state index contributed by atoms with van der Waals surface area (Å²) in [5.41, 5.74) is 0.345. The lowest BCUT2D eigenvalue weighted by Gasteiger charge is -2.14. The molecule has 0 aliphatic heterocycles. The molecule has 0 unspecified atom stereocenters. The third-order valence-corrected chi connectivity index (χ3v) is 2.31. The van der Waals surface area contributed by atoms with Gasteiger partial charge in [0.05, 0.1) is 16.4 Å². The Bertz CT molecular complexity index is 368. The van der Waals surface area contributed by atoms with E-state index < -0.39 is 6.36 Å². The molecule has 0 fully saturated rings. The molecule has 1 aromatic heterocycles. The lowest BCUT2D eigenvalue weighted by molar-refractivity contribution is -0.275. The number of hydrogen-bond donors (Lipinski definition) is 0. The van der Waals surface area contributed by atoms with E-state index in [-0.39, 0.29) is 15.1 Å². The number of hydrogen-bond acceptors (Lipinski definition) is 3. The van der Waals surface area contributed by atoms with Crippen molar-refractivity contribution in [3.63, 3.8) is 0 Å². The van der Waals surface area contributed by atoms with Crippen molar-refractivity contribution in [3.05, 3.63) is 15.5 Å². The van der Waals surface area contributed by atoms with Gasteiger partial charge in [0.2, 0.25) is 0 Å². The predicted molar refractivity (Wildman–Crippen MR) is 54.9 cm³/mol. The molecule has 1 rings (SSSR count). The van der Waals surface area contributed by atoms with Crippen molar-refractivity contribution in [2.45, 2.75) is 13.3 Å². The summed E-state index contributed by atoms with van der Waals surface area (Å²) in [6.07, 6.45) is -3.44. The predicted octanol–water partition coefficient (Wildman–Crippen LogP) is 2.90. The summed E-state index contributed by atoms with van der Waals surface area (Å²) >= 11 is 1.70. The van der Waals surface area contributed by atoms with Crippen LogP contribution in [0.3, 0.4) is 0 Å². The molecule has 0 spiro atoms. The zero-order valence-electron chi connectivity index (χ0n) is 7.85. The van der Waals surface area contributed by atoms with Crippen LogP contribution in [-0.4, -0.2) is 18.5 Å². The highest BCUT2D eigenvalue weighted by atomic mass is 127. The molecule has 1 heterocycles. The fourth-order valence-corrected chi connectivity index (χ4v) is 1.49. The summed E-state index contributed by atoms with van der Waals surface area (Å²) in [5, 5.41) is 0. The maximum Gasteiger partial charge on any atom is 0.573 e. The van der Waals surface area contributed by atoms with Crippen molar-refractivity contribution >= 4 is 22.6 Å². The summed E-state index contributed by atoms with van der Waals surface area (Å²) in [4.78, 5) is 3.86. The van der Waals surface area contributed by atoms with Crippen molar-refractivity contribution in [2.75, 3.05) is 7.11 Å². The second-order valence-electron chi connectivity index (χ2n) is 2.60. The minimum absolute atomic E-state index is 0.000718. The van der Waals surface area contributed by atoms with Crippen LogP contribution in [0.15, 0.2) is 6.20 Å². The number of nitrogens with zero attached hydrogens (tertiary/aromatic N) is 1. The molecule has 0 saturated heterocycles. The summed E-state index contributed by atoms with van der Waals surface area (Å²) in [5.74, 6) is -0.350. The molecule has 0 N–H and O–H groups in total. The van der Waals surface area contributed by atoms with Crippen LogP contribution in [0, 0.1) is 10.5 Å². The van der Waals surface area contributed by atoms with Crippen LogP contribution in [0.25, 0.3) is 0 Å². The van der Waals surface area contributed by atoms with Crippen LogP contribution in [0.5, 0.6) is 11.5 Å². The highest BCUT2D eigenvalue weighted by Crippen LogP contribution is 2.37. The molecule has 0 amide bonds. The van der Waals surface area contributed by atoms with Gasteiger partial charge in [-0.3, -0.25) is 4.98 Å². The number of halogens is 4. The highest BCUT2D eigenvalue weighted by Gasteiger charge is 2.34. The van der Waals surface area contributed by atoms with Crippen molar-refractivity contribution in [1.82, 2.24) is 4.98 Å². The molecule has 0 aliphatic carbocycles. The summed E-state index contributed by atoms with van der Waals surface area (Å²) < 4.78 is 45.1. The lowest BCUT2D eigenvalue weighted by Crippen LogP contribution is -2.18. The summed E-state index contributed by atoms with van der Waals surface area (Å²) in [6.45, 7) is 1.54. The SMILES string of the molecule is COc1c(C)ncc(I)c1OC(F)(F)F. The first kappa shape index (κ1) is 12.3. The van der Waals surface area contributed by atoms with E-state index in [0.717, 1.165) is 0 Å². The number of pyridine rings is 1. The average Bonchev–Trinajstić information content (AvgIpc) is 2.10. The van der Waals surface area contributed by atoms with Gasteiger partial charge < -0.3 is 9.47 Å². The van der Waals surface area contributed by atoms with Crippen molar-refractivity contribution < 1.29 is 22.6 Å². The molecule has 0 bridgehead atoms. The van der Waals surface area contributed by atoms with Crippen LogP contribution < -0.4 is 9.47 Å². The van der Waals surface area contributed by atoms with E-state index in [1.165, 1.54) is 20.2 Å². The Labute approximate surface area is 97.7 Å². The van der Waals surface area contributed by atoms with Crippen LogP contribution in [0.1, 0.15) is 5.69 Å². The molecular formula is C8H7F3INO2. The monoisotopic (exact) mass is 333 g/mol. The Morgan fingerprint density at radius 1 is 1.33 bits per heavy atom. The molecule has 3 nitrogen and oxygen atoms in total. The number of ether oxygens (including phenoxy) is 2. The average molecular weight is 333 g/mol. The smallest absolute Gasteiger partial charge is 0.491 e. The summed E-state index contributed by atoms with van der Waals surface area (Å²) in [7, 11) is 1.27. The van der Waals surface area contributed by atoms with E-state index in [2.05, 4.69) is 9.72 Å². The van der Waals surface area contributed by atoms with E-state index in [9.17, 15) is 13.2 Å². The van der Waals surface area contributed by atoms with Crippen LogP contribution in [0.4, 0.5) is 13.2 Å². The van der Waals surface area contributed by atoms with E-state index >= 15 is 0 Å². The maximum absolute atomic E-state index is 12.1. The third-order valence-electron chi connectivity index (χ3n) is 1.55. The minimum atomic E-state index is -4.74. The Morgan fingerprint density at radius 2 is 1.93 bits per heavy atom. The maximum atomic E-state index is 12.1. The fourth-order valence-electron chi connectivity index (χ4n) is 0.995. The molecule has 84 valence electrons. The highest BCUT2D eigenvalue weighted by molar-refractivity contribution is 14.1. The first-order valence-electron chi connectivity index (χ1n) is 3.80. The molecule has 0 aromatic carbocycles. The lowest BCUT2D eigenvalue weighted by atomic mass is 10.3. The zero-order chi connectivity index (χ0) is 11.6. The fraction of sp³-hybridized carbons (Fsp3) is 0.375. The van der Waals surface area contributed by atoms with E-state index in [0.29, 0.717) is 5.69 Å². The largest absolute Gasteiger partial charge is 0.573 e.